The van der Waals surface area contributed by atoms with Crippen molar-refractivity contribution in [2.75, 3.05) is 13.1 Å². The van der Waals surface area contributed by atoms with Gasteiger partial charge in [0.05, 0.1) is 0 Å². The Morgan fingerprint density at radius 1 is 1.08 bits per heavy atom. The summed E-state index contributed by atoms with van der Waals surface area (Å²) in [4.78, 5) is 0. The number of hydrogen-bond donors (Lipinski definition) is 1. The molecule has 1 heteroatoms. The zero-order chi connectivity index (χ0) is 10.3. The Hall–Kier alpha value is -0.0400. The van der Waals surface area contributed by atoms with Gasteiger partial charge < -0.3 is 5.32 Å². The van der Waals surface area contributed by atoms with Crippen LogP contribution in [-0.2, 0) is 0 Å². The van der Waals surface area contributed by atoms with Crippen LogP contribution in [0.4, 0.5) is 0 Å². The summed E-state index contributed by atoms with van der Waals surface area (Å²) >= 11 is 0. The van der Waals surface area contributed by atoms with Crippen molar-refractivity contribution in [3.8, 4) is 0 Å². The lowest BCUT2D eigenvalue weighted by Crippen LogP contribution is -2.38. The summed E-state index contributed by atoms with van der Waals surface area (Å²) < 4.78 is 0. The minimum atomic E-state index is 0.532. The molecule has 1 N–H and O–H groups in total. The molecule has 80 valence electrons. The van der Waals surface area contributed by atoms with Crippen LogP contribution in [0, 0.1) is 11.3 Å². The third-order valence-corrected chi connectivity index (χ3v) is 3.79. The Morgan fingerprint density at radius 3 is 1.92 bits per heavy atom. The van der Waals surface area contributed by atoms with Gasteiger partial charge in [-0.2, -0.15) is 0 Å². The summed E-state index contributed by atoms with van der Waals surface area (Å²) in [6, 6.07) is 0. The van der Waals surface area contributed by atoms with Crippen LogP contribution in [-0.4, -0.2) is 13.1 Å². The SMILES string of the molecule is CCNCC(CC)(CC)C(C)CC. The highest BCUT2D eigenvalue weighted by Crippen LogP contribution is 2.36. The van der Waals surface area contributed by atoms with Crippen molar-refractivity contribution in [3.05, 3.63) is 0 Å². The minimum absolute atomic E-state index is 0.532. The fourth-order valence-electron chi connectivity index (χ4n) is 2.18. The van der Waals surface area contributed by atoms with Crippen molar-refractivity contribution >= 4 is 0 Å². The van der Waals surface area contributed by atoms with Crippen molar-refractivity contribution in [2.45, 2.75) is 53.9 Å². The maximum atomic E-state index is 3.51. The summed E-state index contributed by atoms with van der Waals surface area (Å²) in [6.07, 6.45) is 3.89. The third-order valence-electron chi connectivity index (χ3n) is 3.79. The molecule has 0 aliphatic carbocycles. The molecule has 0 aliphatic rings. The largest absolute Gasteiger partial charge is 0.316 e. The molecule has 0 amide bonds. The van der Waals surface area contributed by atoms with E-state index < -0.39 is 0 Å². The lowest BCUT2D eigenvalue weighted by atomic mass is 9.71. The van der Waals surface area contributed by atoms with E-state index in [1.165, 1.54) is 25.8 Å². The van der Waals surface area contributed by atoms with Crippen LogP contribution in [0.25, 0.3) is 0 Å². The van der Waals surface area contributed by atoms with Crippen LogP contribution in [0.5, 0.6) is 0 Å². The first kappa shape index (κ1) is 13.0. The van der Waals surface area contributed by atoms with Crippen LogP contribution < -0.4 is 5.32 Å². The van der Waals surface area contributed by atoms with Crippen molar-refractivity contribution < 1.29 is 0 Å². The quantitative estimate of drug-likeness (QED) is 0.640. The molecular formula is C12H27N. The molecule has 0 aliphatic heterocycles. The third kappa shape index (κ3) is 3.30. The predicted molar refractivity (Wildman–Crippen MR) is 61.0 cm³/mol. The van der Waals surface area contributed by atoms with E-state index in [-0.39, 0.29) is 0 Å². The van der Waals surface area contributed by atoms with Gasteiger partial charge in [-0.3, -0.25) is 0 Å². The second-order valence-corrected chi connectivity index (χ2v) is 4.16. The summed E-state index contributed by atoms with van der Waals surface area (Å²) in [7, 11) is 0. The van der Waals surface area contributed by atoms with E-state index in [0.717, 1.165) is 12.5 Å². The predicted octanol–water partition coefficient (Wildman–Crippen LogP) is 3.45. The van der Waals surface area contributed by atoms with E-state index in [9.17, 15) is 0 Å². The van der Waals surface area contributed by atoms with E-state index in [1.54, 1.807) is 0 Å². The van der Waals surface area contributed by atoms with Crippen LogP contribution >= 0.6 is 0 Å². The minimum Gasteiger partial charge on any atom is -0.316 e. The molecule has 0 saturated heterocycles. The van der Waals surface area contributed by atoms with Crippen molar-refractivity contribution in [2.24, 2.45) is 11.3 Å². The van der Waals surface area contributed by atoms with Crippen molar-refractivity contribution in [3.63, 3.8) is 0 Å². The van der Waals surface area contributed by atoms with Gasteiger partial charge in [-0.05, 0) is 30.7 Å². The highest BCUT2D eigenvalue weighted by atomic mass is 14.9. The summed E-state index contributed by atoms with van der Waals surface area (Å²) in [5.74, 6) is 0.835. The van der Waals surface area contributed by atoms with Crippen LogP contribution in [0.3, 0.4) is 0 Å². The summed E-state index contributed by atoms with van der Waals surface area (Å²) in [6.45, 7) is 13.8. The first-order valence-corrected chi connectivity index (χ1v) is 5.87. The monoisotopic (exact) mass is 185 g/mol. The zero-order valence-electron chi connectivity index (χ0n) is 10.1. The standard InChI is InChI=1S/C12H27N/c1-6-11(5)12(7-2,8-3)10-13-9-4/h11,13H,6-10H2,1-5H3. The lowest BCUT2D eigenvalue weighted by Gasteiger charge is -2.37. The van der Waals surface area contributed by atoms with Gasteiger partial charge >= 0.3 is 0 Å². The molecular weight excluding hydrogens is 158 g/mol. The molecule has 1 atom stereocenters. The van der Waals surface area contributed by atoms with E-state index in [4.69, 9.17) is 0 Å². The van der Waals surface area contributed by atoms with Gasteiger partial charge in [-0.1, -0.05) is 41.0 Å². The van der Waals surface area contributed by atoms with Gasteiger partial charge in [-0.15, -0.1) is 0 Å². The van der Waals surface area contributed by atoms with Crippen molar-refractivity contribution in [1.82, 2.24) is 5.32 Å². The summed E-state index contributed by atoms with van der Waals surface area (Å²) in [5, 5.41) is 3.51. The fraction of sp³-hybridized carbons (Fsp3) is 1.00. The zero-order valence-corrected chi connectivity index (χ0v) is 10.1. The topological polar surface area (TPSA) is 12.0 Å². The first-order chi connectivity index (χ1) is 6.16. The highest BCUT2D eigenvalue weighted by molar-refractivity contribution is 4.83. The molecule has 0 saturated carbocycles. The Labute approximate surface area is 84.3 Å². The molecule has 0 aromatic carbocycles. The molecule has 1 nitrogen and oxygen atoms in total. The van der Waals surface area contributed by atoms with E-state index in [2.05, 4.69) is 39.9 Å². The smallest absolute Gasteiger partial charge is 0.00100 e. The fourth-order valence-corrected chi connectivity index (χ4v) is 2.18. The Morgan fingerprint density at radius 2 is 1.62 bits per heavy atom. The molecule has 0 heterocycles. The number of rotatable bonds is 7. The van der Waals surface area contributed by atoms with Gasteiger partial charge in [0.1, 0.15) is 0 Å². The van der Waals surface area contributed by atoms with Gasteiger partial charge in [0, 0.05) is 6.54 Å². The Balaban J connectivity index is 4.29. The van der Waals surface area contributed by atoms with Gasteiger partial charge in [0.2, 0.25) is 0 Å². The van der Waals surface area contributed by atoms with Gasteiger partial charge in [-0.25, -0.2) is 0 Å². The maximum Gasteiger partial charge on any atom is 0.00100 e. The van der Waals surface area contributed by atoms with Crippen LogP contribution in [0.1, 0.15) is 53.9 Å². The molecule has 1 unspecified atom stereocenters. The number of hydrogen-bond acceptors (Lipinski definition) is 1. The van der Waals surface area contributed by atoms with Gasteiger partial charge in [0.25, 0.3) is 0 Å². The molecule has 0 bridgehead atoms. The average Bonchev–Trinajstić information content (AvgIpc) is 2.19. The molecule has 0 radical (unpaired) electrons. The molecule has 0 aromatic rings. The molecule has 0 spiro atoms. The van der Waals surface area contributed by atoms with Crippen LogP contribution in [0.15, 0.2) is 0 Å². The second-order valence-electron chi connectivity index (χ2n) is 4.16. The van der Waals surface area contributed by atoms with Crippen LogP contribution in [0.2, 0.25) is 0 Å². The maximum absolute atomic E-state index is 3.51. The van der Waals surface area contributed by atoms with E-state index in [0.29, 0.717) is 5.41 Å². The normalized spacial score (nSPS) is 14.5. The Bertz CT molecular complexity index is 116. The summed E-state index contributed by atoms with van der Waals surface area (Å²) in [5.41, 5.74) is 0.532. The second kappa shape index (κ2) is 6.42. The Kier molecular flexibility index (Phi) is 6.40. The van der Waals surface area contributed by atoms with Gasteiger partial charge in [0.15, 0.2) is 0 Å². The van der Waals surface area contributed by atoms with E-state index >= 15 is 0 Å². The molecule has 0 fully saturated rings. The average molecular weight is 185 g/mol. The molecule has 0 rings (SSSR count). The van der Waals surface area contributed by atoms with E-state index in [1.807, 2.05) is 0 Å². The molecule has 0 aromatic heterocycles. The lowest BCUT2D eigenvalue weighted by molar-refractivity contribution is 0.148. The molecule has 13 heavy (non-hydrogen) atoms. The highest BCUT2D eigenvalue weighted by Gasteiger charge is 2.30. The first-order valence-electron chi connectivity index (χ1n) is 5.87. The van der Waals surface area contributed by atoms with Crippen molar-refractivity contribution in [1.29, 1.82) is 0 Å². The number of nitrogens with one attached hydrogen (secondary N) is 1.